The van der Waals surface area contributed by atoms with Crippen LogP contribution in [0.3, 0.4) is 0 Å². The van der Waals surface area contributed by atoms with E-state index in [2.05, 4.69) is 6.07 Å². The molecular formula is C25H24N2O5. The molecule has 1 aliphatic heterocycles. The molecule has 0 aromatic heterocycles. The Morgan fingerprint density at radius 3 is 2.22 bits per heavy atom. The second-order valence-electron chi connectivity index (χ2n) is 7.73. The van der Waals surface area contributed by atoms with Crippen LogP contribution in [0, 0.1) is 11.3 Å². The summed E-state index contributed by atoms with van der Waals surface area (Å²) in [5, 5.41) is 9.09. The highest BCUT2D eigenvalue weighted by Gasteiger charge is 2.41. The van der Waals surface area contributed by atoms with Gasteiger partial charge in [0, 0.05) is 47.3 Å². The van der Waals surface area contributed by atoms with Gasteiger partial charge in [-0.3, -0.25) is 14.5 Å². The fourth-order valence-corrected chi connectivity index (χ4v) is 4.57. The van der Waals surface area contributed by atoms with Crippen molar-refractivity contribution in [1.29, 1.82) is 5.26 Å². The lowest BCUT2D eigenvalue weighted by Gasteiger charge is -2.38. The van der Waals surface area contributed by atoms with Crippen molar-refractivity contribution in [1.82, 2.24) is 0 Å². The van der Waals surface area contributed by atoms with E-state index < -0.39 is 5.92 Å². The van der Waals surface area contributed by atoms with Crippen LogP contribution >= 0.6 is 0 Å². The number of nitriles is 1. The van der Waals surface area contributed by atoms with Gasteiger partial charge in [0.25, 0.3) is 0 Å². The number of rotatable bonds is 5. The molecule has 164 valence electrons. The fourth-order valence-electron chi connectivity index (χ4n) is 4.57. The summed E-state index contributed by atoms with van der Waals surface area (Å²) in [5.74, 6) is 1.06. The quantitative estimate of drug-likeness (QED) is 0.706. The van der Waals surface area contributed by atoms with Crippen LogP contribution in [0.15, 0.2) is 47.7 Å². The summed E-state index contributed by atoms with van der Waals surface area (Å²) in [7, 11) is 4.64. The third-order valence-electron chi connectivity index (χ3n) is 6.04. The Balaban J connectivity index is 1.88. The van der Waals surface area contributed by atoms with E-state index in [0.29, 0.717) is 53.3 Å². The van der Waals surface area contributed by atoms with Gasteiger partial charge in [-0.15, -0.1) is 0 Å². The van der Waals surface area contributed by atoms with Crippen molar-refractivity contribution in [2.24, 2.45) is 0 Å². The molecule has 32 heavy (non-hydrogen) atoms. The van der Waals surface area contributed by atoms with Crippen LogP contribution in [-0.4, -0.2) is 33.0 Å². The molecule has 0 saturated carbocycles. The van der Waals surface area contributed by atoms with Crippen molar-refractivity contribution < 1.29 is 23.8 Å². The highest BCUT2D eigenvalue weighted by atomic mass is 16.5. The van der Waals surface area contributed by atoms with E-state index in [1.807, 2.05) is 0 Å². The van der Waals surface area contributed by atoms with E-state index in [9.17, 15) is 9.59 Å². The number of amides is 1. The van der Waals surface area contributed by atoms with Crippen LogP contribution in [0.5, 0.6) is 17.2 Å². The summed E-state index contributed by atoms with van der Waals surface area (Å²) in [4.78, 5) is 28.2. The van der Waals surface area contributed by atoms with E-state index in [4.69, 9.17) is 19.5 Å². The second-order valence-corrected chi connectivity index (χ2v) is 7.73. The van der Waals surface area contributed by atoms with Gasteiger partial charge in [-0.1, -0.05) is 0 Å². The molecular weight excluding hydrogens is 408 g/mol. The van der Waals surface area contributed by atoms with E-state index in [-0.39, 0.29) is 18.1 Å². The topological polar surface area (TPSA) is 88.9 Å². The van der Waals surface area contributed by atoms with Crippen molar-refractivity contribution in [2.75, 3.05) is 26.2 Å². The number of ether oxygens (including phenoxy) is 3. The van der Waals surface area contributed by atoms with Crippen molar-refractivity contribution in [2.45, 2.75) is 31.6 Å². The predicted octanol–water partition coefficient (Wildman–Crippen LogP) is 4.11. The number of Topliss-reactive ketones (excluding diaryl/α,β-unsaturated/α-hetero) is 1. The molecule has 2 aromatic carbocycles. The summed E-state index contributed by atoms with van der Waals surface area (Å²) in [6.07, 6.45) is 1.88. The van der Waals surface area contributed by atoms with Gasteiger partial charge in [0.2, 0.25) is 5.91 Å². The lowest BCUT2D eigenvalue weighted by molar-refractivity contribution is -0.119. The Labute approximate surface area is 186 Å². The van der Waals surface area contributed by atoms with Crippen LogP contribution in [-0.2, 0) is 9.59 Å². The smallest absolute Gasteiger partial charge is 0.232 e. The monoisotopic (exact) mass is 432 g/mol. The molecule has 0 bridgehead atoms. The van der Waals surface area contributed by atoms with Gasteiger partial charge < -0.3 is 14.2 Å². The van der Waals surface area contributed by atoms with Crippen LogP contribution in [0.2, 0.25) is 0 Å². The summed E-state index contributed by atoms with van der Waals surface area (Å²) in [6.45, 7) is 0. The number of anilines is 1. The molecule has 7 heteroatoms. The number of carbonyl (C=O) groups is 2. The SMILES string of the molecule is COc1cc(OC)c(C2CC(=O)N(c3ccc(C#N)cc3)C3=C2C(=O)CCC3)cc1OC. The maximum absolute atomic E-state index is 13.4. The van der Waals surface area contributed by atoms with E-state index in [1.165, 1.54) is 0 Å². The number of carbonyl (C=O) groups excluding carboxylic acids is 2. The lowest BCUT2D eigenvalue weighted by Crippen LogP contribution is -2.40. The zero-order valence-corrected chi connectivity index (χ0v) is 18.3. The average Bonchev–Trinajstić information content (AvgIpc) is 2.82. The first-order valence-electron chi connectivity index (χ1n) is 10.4. The van der Waals surface area contributed by atoms with Gasteiger partial charge in [-0.25, -0.2) is 0 Å². The molecule has 1 atom stereocenters. The lowest BCUT2D eigenvalue weighted by atomic mass is 9.76. The number of methoxy groups -OCH3 is 3. The normalized spacial score (nSPS) is 18.2. The van der Waals surface area contributed by atoms with Gasteiger partial charge in [0.1, 0.15) is 5.75 Å². The van der Waals surface area contributed by atoms with Crippen molar-refractivity contribution in [3.05, 3.63) is 58.8 Å². The molecule has 4 rings (SSSR count). The molecule has 0 spiro atoms. The standard InChI is InChI=1S/C25H24N2O5/c1-30-21-13-23(32-3)22(31-2)11-17(21)18-12-24(29)27(16-9-7-15(14-26)8-10-16)19-5-4-6-20(28)25(18)19/h7-11,13,18H,4-6,12H2,1-3H3. The molecule has 0 saturated heterocycles. The van der Waals surface area contributed by atoms with Crippen LogP contribution in [0.25, 0.3) is 0 Å². The minimum absolute atomic E-state index is 0.0410. The molecule has 0 fully saturated rings. The first-order valence-corrected chi connectivity index (χ1v) is 10.4. The number of nitrogens with zero attached hydrogens (tertiary/aromatic N) is 2. The third kappa shape index (κ3) is 3.58. The first-order chi connectivity index (χ1) is 15.5. The highest BCUT2D eigenvalue weighted by molar-refractivity contribution is 6.07. The summed E-state index contributed by atoms with van der Waals surface area (Å²) < 4.78 is 16.5. The molecule has 7 nitrogen and oxygen atoms in total. The maximum Gasteiger partial charge on any atom is 0.232 e. The van der Waals surface area contributed by atoms with Gasteiger partial charge in [-0.05, 0) is 43.2 Å². The molecule has 1 aliphatic carbocycles. The molecule has 0 radical (unpaired) electrons. The highest BCUT2D eigenvalue weighted by Crippen LogP contribution is 2.48. The number of hydrogen-bond acceptors (Lipinski definition) is 6. The fraction of sp³-hybridized carbons (Fsp3) is 0.320. The van der Waals surface area contributed by atoms with Gasteiger partial charge in [0.05, 0.1) is 33.0 Å². The zero-order chi connectivity index (χ0) is 22.8. The Hall–Kier alpha value is -3.79. The van der Waals surface area contributed by atoms with Gasteiger partial charge in [-0.2, -0.15) is 5.26 Å². The number of hydrogen-bond donors (Lipinski definition) is 0. The third-order valence-corrected chi connectivity index (χ3v) is 6.04. The minimum Gasteiger partial charge on any atom is -0.496 e. The first kappa shape index (κ1) is 21.4. The van der Waals surface area contributed by atoms with E-state index in [1.54, 1.807) is 62.6 Å². The molecule has 0 N–H and O–H groups in total. The Morgan fingerprint density at radius 2 is 1.59 bits per heavy atom. The van der Waals surface area contributed by atoms with Crippen molar-refractivity contribution >= 4 is 17.4 Å². The second kappa shape index (κ2) is 8.75. The molecule has 1 unspecified atom stereocenters. The summed E-state index contributed by atoms with van der Waals surface area (Å²) in [5.41, 5.74) is 3.27. The van der Waals surface area contributed by atoms with Gasteiger partial charge >= 0.3 is 0 Å². The Bertz CT molecular complexity index is 1140. The van der Waals surface area contributed by atoms with Crippen molar-refractivity contribution in [3.63, 3.8) is 0 Å². The van der Waals surface area contributed by atoms with Gasteiger partial charge in [0.15, 0.2) is 17.3 Å². The maximum atomic E-state index is 13.4. The van der Waals surface area contributed by atoms with Crippen molar-refractivity contribution in [3.8, 4) is 23.3 Å². The van der Waals surface area contributed by atoms with E-state index >= 15 is 0 Å². The summed E-state index contributed by atoms with van der Waals surface area (Å²) in [6, 6.07) is 12.5. The average molecular weight is 432 g/mol. The predicted molar refractivity (Wildman–Crippen MR) is 118 cm³/mol. The Kier molecular flexibility index (Phi) is 5.87. The molecule has 2 aliphatic rings. The molecule has 1 heterocycles. The number of ketones is 1. The number of allylic oxidation sites excluding steroid dienone is 2. The Morgan fingerprint density at radius 1 is 0.938 bits per heavy atom. The van der Waals surface area contributed by atoms with Crippen LogP contribution < -0.4 is 19.1 Å². The minimum atomic E-state index is -0.435. The van der Waals surface area contributed by atoms with Crippen LogP contribution in [0.4, 0.5) is 5.69 Å². The molecule has 2 aromatic rings. The number of benzene rings is 2. The molecule has 1 amide bonds. The largest absolute Gasteiger partial charge is 0.496 e. The van der Waals surface area contributed by atoms with Crippen LogP contribution in [0.1, 0.15) is 42.7 Å². The zero-order valence-electron chi connectivity index (χ0n) is 18.3. The summed E-state index contributed by atoms with van der Waals surface area (Å²) >= 11 is 0. The van der Waals surface area contributed by atoms with E-state index in [0.717, 1.165) is 11.3 Å².